The summed E-state index contributed by atoms with van der Waals surface area (Å²) in [6, 6.07) is 22.8. The molecule has 156 valence electrons. The van der Waals surface area contributed by atoms with Crippen molar-refractivity contribution in [3.63, 3.8) is 0 Å². The summed E-state index contributed by atoms with van der Waals surface area (Å²) >= 11 is 0. The summed E-state index contributed by atoms with van der Waals surface area (Å²) in [6.45, 7) is 6.72. The Labute approximate surface area is 185 Å². The normalized spacial score (nSPS) is 12.2. The van der Waals surface area contributed by atoms with Crippen LogP contribution >= 0.6 is 0 Å². The van der Waals surface area contributed by atoms with Crippen LogP contribution in [0.2, 0.25) is 0 Å². The highest BCUT2D eigenvalue weighted by atomic mass is 16.3. The number of fused-ring (bicyclic) bond motifs is 3. The van der Waals surface area contributed by atoms with Crippen molar-refractivity contribution in [1.29, 1.82) is 0 Å². The van der Waals surface area contributed by atoms with E-state index in [0.717, 1.165) is 39.1 Å². The number of hydrogen-bond acceptors (Lipinski definition) is 4. The maximum Gasteiger partial charge on any atom is 0.179 e. The number of furan rings is 2. The molecule has 0 saturated heterocycles. The summed E-state index contributed by atoms with van der Waals surface area (Å²) in [5.41, 5.74) is 6.40. The second-order valence-corrected chi connectivity index (χ2v) is 9.18. The molecule has 3 aromatic heterocycles. The zero-order chi connectivity index (χ0) is 21.9. The Morgan fingerprint density at radius 3 is 2.56 bits per heavy atom. The third-order valence-electron chi connectivity index (χ3n) is 6.02. The molecule has 32 heavy (non-hydrogen) atoms. The summed E-state index contributed by atoms with van der Waals surface area (Å²) in [5.74, 6) is 0.755. The molecule has 0 saturated carbocycles. The van der Waals surface area contributed by atoms with E-state index in [-0.39, 0.29) is 5.41 Å². The van der Waals surface area contributed by atoms with E-state index < -0.39 is 0 Å². The van der Waals surface area contributed by atoms with Gasteiger partial charge in [-0.15, -0.1) is 0 Å². The lowest BCUT2D eigenvalue weighted by atomic mass is 9.82. The van der Waals surface area contributed by atoms with Crippen molar-refractivity contribution in [3.05, 3.63) is 84.9 Å². The largest absolute Gasteiger partial charge is 0.464 e. The number of aromatic nitrogens is 2. The molecule has 0 radical (unpaired) electrons. The van der Waals surface area contributed by atoms with Crippen LogP contribution in [0.5, 0.6) is 0 Å². The van der Waals surface area contributed by atoms with Gasteiger partial charge in [0.05, 0.1) is 6.26 Å². The Kier molecular flexibility index (Phi) is 3.99. The molecule has 0 aliphatic carbocycles. The van der Waals surface area contributed by atoms with Gasteiger partial charge in [-0.2, -0.15) is 0 Å². The van der Waals surface area contributed by atoms with Gasteiger partial charge in [-0.25, -0.2) is 9.97 Å². The lowest BCUT2D eigenvalue weighted by Crippen LogP contribution is -2.12. The van der Waals surface area contributed by atoms with Gasteiger partial charge in [0.25, 0.3) is 0 Å². The molecule has 4 nitrogen and oxygen atoms in total. The first-order chi connectivity index (χ1) is 15.5. The van der Waals surface area contributed by atoms with Crippen molar-refractivity contribution in [2.24, 2.45) is 0 Å². The first-order valence-corrected chi connectivity index (χ1v) is 10.7. The molecule has 0 aliphatic rings. The summed E-state index contributed by atoms with van der Waals surface area (Å²) in [6.07, 6.45) is 3.31. The predicted molar refractivity (Wildman–Crippen MR) is 129 cm³/mol. The van der Waals surface area contributed by atoms with Crippen LogP contribution in [0.1, 0.15) is 26.3 Å². The van der Waals surface area contributed by atoms with Crippen LogP contribution < -0.4 is 0 Å². The molecule has 0 unspecified atom stereocenters. The maximum atomic E-state index is 6.39. The second kappa shape index (κ2) is 6.79. The highest BCUT2D eigenvalue weighted by Crippen LogP contribution is 2.38. The SMILES string of the molecule is CC(C)(C)c1cc(-c2ncnc3cc(-c4cccc5occc45)oc23)cc2ccccc12. The molecule has 3 aromatic carbocycles. The van der Waals surface area contributed by atoms with E-state index in [1.54, 1.807) is 12.6 Å². The van der Waals surface area contributed by atoms with Gasteiger partial charge in [0, 0.05) is 22.6 Å². The van der Waals surface area contributed by atoms with E-state index >= 15 is 0 Å². The van der Waals surface area contributed by atoms with Gasteiger partial charge in [-0.1, -0.05) is 57.2 Å². The van der Waals surface area contributed by atoms with E-state index in [9.17, 15) is 0 Å². The van der Waals surface area contributed by atoms with Gasteiger partial charge < -0.3 is 8.83 Å². The first kappa shape index (κ1) is 18.8. The Hall–Kier alpha value is -3.92. The van der Waals surface area contributed by atoms with Crippen LogP contribution in [0.4, 0.5) is 0 Å². The van der Waals surface area contributed by atoms with Gasteiger partial charge in [0.1, 0.15) is 28.9 Å². The molecule has 6 aromatic rings. The molecular weight excluding hydrogens is 396 g/mol. The van der Waals surface area contributed by atoms with Crippen LogP contribution in [0, 0.1) is 0 Å². The molecule has 3 heterocycles. The lowest BCUT2D eigenvalue weighted by molar-refractivity contribution is 0.596. The molecular formula is C28H22N2O2. The van der Waals surface area contributed by atoms with Crippen molar-refractivity contribution in [1.82, 2.24) is 9.97 Å². The summed E-state index contributed by atoms with van der Waals surface area (Å²) < 4.78 is 12.0. The van der Waals surface area contributed by atoms with Gasteiger partial charge in [0.15, 0.2) is 5.58 Å². The van der Waals surface area contributed by atoms with Crippen LogP contribution in [0.25, 0.3) is 55.4 Å². The van der Waals surface area contributed by atoms with E-state index in [0.29, 0.717) is 5.58 Å². The fourth-order valence-corrected chi connectivity index (χ4v) is 4.47. The molecule has 0 amide bonds. The number of benzene rings is 3. The van der Waals surface area contributed by atoms with Crippen molar-refractivity contribution >= 4 is 32.8 Å². The van der Waals surface area contributed by atoms with E-state index in [1.165, 1.54) is 16.3 Å². The minimum atomic E-state index is -0.00693. The molecule has 0 bridgehead atoms. The molecule has 4 heteroatoms. The molecule has 0 fully saturated rings. The van der Waals surface area contributed by atoms with Crippen molar-refractivity contribution in [2.45, 2.75) is 26.2 Å². The van der Waals surface area contributed by atoms with Crippen molar-refractivity contribution < 1.29 is 8.83 Å². The van der Waals surface area contributed by atoms with Gasteiger partial charge in [-0.05, 0) is 46.0 Å². The second-order valence-electron chi connectivity index (χ2n) is 9.18. The molecule has 0 atom stereocenters. The summed E-state index contributed by atoms with van der Waals surface area (Å²) in [5, 5.41) is 3.47. The third kappa shape index (κ3) is 2.91. The third-order valence-corrected chi connectivity index (χ3v) is 6.02. The lowest BCUT2D eigenvalue weighted by Gasteiger charge is -2.22. The highest BCUT2D eigenvalue weighted by molar-refractivity contribution is 5.98. The molecule has 0 spiro atoms. The number of hydrogen-bond donors (Lipinski definition) is 0. The topological polar surface area (TPSA) is 52.1 Å². The maximum absolute atomic E-state index is 6.39. The van der Waals surface area contributed by atoms with E-state index in [1.807, 2.05) is 30.3 Å². The van der Waals surface area contributed by atoms with Gasteiger partial charge >= 0.3 is 0 Å². The van der Waals surface area contributed by atoms with Crippen LogP contribution in [0.3, 0.4) is 0 Å². The van der Waals surface area contributed by atoms with Gasteiger partial charge in [-0.3, -0.25) is 0 Å². The smallest absolute Gasteiger partial charge is 0.179 e. The quantitative estimate of drug-likeness (QED) is 0.288. The van der Waals surface area contributed by atoms with E-state index in [2.05, 4.69) is 67.1 Å². The average Bonchev–Trinajstić information content (AvgIpc) is 3.44. The highest BCUT2D eigenvalue weighted by Gasteiger charge is 2.21. The van der Waals surface area contributed by atoms with Crippen molar-refractivity contribution in [2.75, 3.05) is 0 Å². The number of rotatable bonds is 2. The number of nitrogens with zero attached hydrogens (tertiary/aromatic N) is 2. The molecule has 0 N–H and O–H groups in total. The Morgan fingerprint density at radius 2 is 1.69 bits per heavy atom. The zero-order valence-corrected chi connectivity index (χ0v) is 18.2. The predicted octanol–water partition coefficient (Wildman–Crippen LogP) is 7.75. The Morgan fingerprint density at radius 1 is 0.812 bits per heavy atom. The fraction of sp³-hybridized carbons (Fsp3) is 0.143. The minimum absolute atomic E-state index is 0.00693. The first-order valence-electron chi connectivity index (χ1n) is 10.7. The zero-order valence-electron chi connectivity index (χ0n) is 18.2. The molecule has 0 aliphatic heterocycles. The summed E-state index contributed by atoms with van der Waals surface area (Å²) in [4.78, 5) is 9.13. The average molecular weight is 418 g/mol. The molecule has 6 rings (SSSR count). The van der Waals surface area contributed by atoms with E-state index in [4.69, 9.17) is 8.83 Å². The van der Waals surface area contributed by atoms with Crippen molar-refractivity contribution in [3.8, 4) is 22.6 Å². The van der Waals surface area contributed by atoms with Gasteiger partial charge in [0.2, 0.25) is 0 Å². The minimum Gasteiger partial charge on any atom is -0.464 e. The van der Waals surface area contributed by atoms with Crippen LogP contribution in [-0.2, 0) is 5.41 Å². The summed E-state index contributed by atoms with van der Waals surface area (Å²) in [7, 11) is 0. The fourth-order valence-electron chi connectivity index (χ4n) is 4.47. The standard InChI is InChI=1S/C28H22N2O2/c1-28(2,3)22-14-18(13-17-7-4-5-8-19(17)22)26-27-23(29-16-30-26)15-25(32-27)20-9-6-10-24-21(20)11-12-31-24/h4-16H,1-3H3. The van der Waals surface area contributed by atoms with Crippen LogP contribution in [-0.4, -0.2) is 9.97 Å². The van der Waals surface area contributed by atoms with Crippen LogP contribution in [0.15, 0.2) is 88.2 Å². The Balaban J connectivity index is 1.60. The monoisotopic (exact) mass is 418 g/mol. The Bertz CT molecular complexity index is 1620.